The van der Waals surface area contributed by atoms with Gasteiger partial charge in [-0.05, 0) is 49.9 Å². The molecule has 172 valence electrons. The van der Waals surface area contributed by atoms with Gasteiger partial charge in [-0.3, -0.25) is 0 Å². The van der Waals surface area contributed by atoms with Gasteiger partial charge in [0.1, 0.15) is 0 Å². The van der Waals surface area contributed by atoms with Crippen molar-refractivity contribution in [2.24, 2.45) is 0 Å². The Morgan fingerprint density at radius 2 is 1.85 bits per heavy atom. The minimum Gasteiger partial charge on any atom is -0.398 e. The fourth-order valence-corrected chi connectivity index (χ4v) is 3.58. The molecule has 4 rings (SSSR count). The van der Waals surface area contributed by atoms with Crippen LogP contribution < -0.4 is 16.4 Å². The Hall–Kier alpha value is -3.65. The molecule has 8 heteroatoms. The molecule has 4 aromatic rings. The van der Waals surface area contributed by atoms with E-state index in [1.54, 1.807) is 20.2 Å². The summed E-state index contributed by atoms with van der Waals surface area (Å²) >= 11 is 0. The van der Waals surface area contributed by atoms with Gasteiger partial charge in [-0.2, -0.15) is 9.97 Å². The number of hydrogen-bond acceptors (Lipinski definition) is 7. The number of aryl methyl sites for hydroxylation is 1. The summed E-state index contributed by atoms with van der Waals surface area (Å²) in [5.41, 5.74) is 10.9. The molecule has 0 radical (unpaired) electrons. The second kappa shape index (κ2) is 9.46. The van der Waals surface area contributed by atoms with E-state index < -0.39 is 5.60 Å². The Morgan fingerprint density at radius 3 is 2.58 bits per heavy atom. The summed E-state index contributed by atoms with van der Waals surface area (Å²) < 4.78 is 2.01. The number of hydrogen-bond donors (Lipinski definition) is 4. The molecular weight excluding hydrogens is 414 g/mol. The van der Waals surface area contributed by atoms with Gasteiger partial charge < -0.3 is 26.0 Å². The van der Waals surface area contributed by atoms with Crippen LogP contribution in [-0.2, 0) is 13.1 Å². The van der Waals surface area contributed by atoms with Crippen LogP contribution in [0.1, 0.15) is 37.0 Å². The van der Waals surface area contributed by atoms with Gasteiger partial charge in [0.25, 0.3) is 0 Å². The van der Waals surface area contributed by atoms with Crippen LogP contribution in [0.3, 0.4) is 0 Å². The first-order valence-electron chi connectivity index (χ1n) is 11.1. The van der Waals surface area contributed by atoms with Crippen molar-refractivity contribution in [2.75, 3.05) is 22.9 Å². The van der Waals surface area contributed by atoms with Crippen molar-refractivity contribution in [3.05, 3.63) is 71.5 Å². The zero-order chi connectivity index (χ0) is 23.4. The van der Waals surface area contributed by atoms with Gasteiger partial charge in [-0.15, -0.1) is 0 Å². The number of fused-ring (bicyclic) bond motifs is 1. The normalized spacial score (nSPS) is 11.6. The fourth-order valence-electron chi connectivity index (χ4n) is 3.58. The second-order valence-corrected chi connectivity index (χ2v) is 8.97. The van der Waals surface area contributed by atoms with E-state index in [9.17, 15) is 5.11 Å². The average molecular weight is 446 g/mol. The van der Waals surface area contributed by atoms with Crippen LogP contribution in [-0.4, -0.2) is 36.8 Å². The maximum atomic E-state index is 10.0. The Kier molecular flexibility index (Phi) is 6.46. The third-order valence-electron chi connectivity index (χ3n) is 5.43. The smallest absolute Gasteiger partial charge is 0.226 e. The zero-order valence-electron chi connectivity index (χ0n) is 19.3. The summed E-state index contributed by atoms with van der Waals surface area (Å²) in [6.45, 7) is 7.31. The summed E-state index contributed by atoms with van der Waals surface area (Å²) in [4.78, 5) is 14.0. The van der Waals surface area contributed by atoms with Crippen molar-refractivity contribution in [2.45, 2.75) is 45.9 Å². The van der Waals surface area contributed by atoms with Crippen LogP contribution in [0.5, 0.6) is 0 Å². The average Bonchev–Trinajstić information content (AvgIpc) is 3.15. The molecule has 0 aliphatic carbocycles. The molecule has 0 aliphatic rings. The number of imidazole rings is 1. The molecule has 0 spiro atoms. The maximum Gasteiger partial charge on any atom is 0.226 e. The highest BCUT2D eigenvalue weighted by Crippen LogP contribution is 2.24. The Labute approximate surface area is 193 Å². The minimum atomic E-state index is -0.768. The molecule has 5 N–H and O–H groups in total. The number of nitrogens with two attached hydrogens (primary N) is 1. The molecule has 0 amide bonds. The van der Waals surface area contributed by atoms with Crippen molar-refractivity contribution in [3.63, 3.8) is 0 Å². The van der Waals surface area contributed by atoms with E-state index >= 15 is 0 Å². The van der Waals surface area contributed by atoms with E-state index in [2.05, 4.69) is 32.7 Å². The maximum absolute atomic E-state index is 10.0. The molecule has 0 unspecified atom stereocenters. The summed E-state index contributed by atoms with van der Waals surface area (Å²) in [6.07, 6.45) is 2.36. The third kappa shape index (κ3) is 5.78. The lowest BCUT2D eigenvalue weighted by molar-refractivity contribution is 0.0748. The molecular formula is C25H31N7O. The second-order valence-electron chi connectivity index (χ2n) is 8.97. The van der Waals surface area contributed by atoms with Crippen LogP contribution in [0.2, 0.25) is 0 Å². The molecule has 0 bridgehead atoms. The topological polar surface area (TPSA) is 114 Å². The lowest BCUT2D eigenvalue weighted by Crippen LogP contribution is -2.23. The number of benzene rings is 2. The van der Waals surface area contributed by atoms with Gasteiger partial charge in [0, 0.05) is 18.8 Å². The molecule has 33 heavy (non-hydrogen) atoms. The number of aromatic nitrogens is 4. The molecule has 0 saturated heterocycles. The zero-order valence-corrected chi connectivity index (χ0v) is 19.3. The monoisotopic (exact) mass is 445 g/mol. The van der Waals surface area contributed by atoms with Crippen molar-refractivity contribution in [1.82, 2.24) is 19.5 Å². The number of rotatable bonds is 9. The molecule has 2 heterocycles. The summed E-state index contributed by atoms with van der Waals surface area (Å²) in [7, 11) is 0. The van der Waals surface area contributed by atoms with E-state index in [-0.39, 0.29) is 0 Å². The van der Waals surface area contributed by atoms with E-state index in [1.807, 2.05) is 47.9 Å². The lowest BCUT2D eigenvalue weighted by Gasteiger charge is -2.17. The summed E-state index contributed by atoms with van der Waals surface area (Å²) in [5, 5.41) is 16.7. The van der Waals surface area contributed by atoms with Crippen LogP contribution in [0.4, 0.5) is 17.5 Å². The van der Waals surface area contributed by atoms with E-state index in [0.717, 1.165) is 28.0 Å². The number of nitrogens with zero attached hydrogens (tertiary/aromatic N) is 4. The highest BCUT2D eigenvalue weighted by Gasteiger charge is 2.16. The number of anilines is 3. The van der Waals surface area contributed by atoms with E-state index in [1.165, 1.54) is 0 Å². The molecule has 8 nitrogen and oxygen atoms in total. The molecule has 2 aromatic heterocycles. The quantitative estimate of drug-likeness (QED) is 0.288. The minimum absolute atomic E-state index is 0.487. The fraction of sp³-hybridized carbons (Fsp3) is 0.320. The summed E-state index contributed by atoms with van der Waals surface area (Å²) in [6, 6.07) is 16.2. The van der Waals surface area contributed by atoms with Crippen LogP contribution in [0.15, 0.2) is 54.9 Å². The Bertz CT molecular complexity index is 1230. The van der Waals surface area contributed by atoms with Crippen molar-refractivity contribution in [1.29, 1.82) is 0 Å². The SMILES string of the molecule is Cc1ccc(CNc2nc(NCCC(C)(C)O)nc3c2ncn3Cc2ccccc2)c(N)c1. The highest BCUT2D eigenvalue weighted by molar-refractivity contribution is 5.84. The Morgan fingerprint density at radius 1 is 1.06 bits per heavy atom. The first-order chi connectivity index (χ1) is 15.8. The van der Waals surface area contributed by atoms with Gasteiger partial charge >= 0.3 is 0 Å². The standard InChI is InChI=1S/C25H31N7O/c1-17-9-10-19(20(26)13-17)14-28-22-21-23(31-24(30-22)27-12-11-25(2,3)33)32(16-29-21)15-18-7-5-4-6-8-18/h4-10,13,16,33H,11-12,14-15,26H2,1-3H3,(H2,27,28,30,31). The van der Waals surface area contributed by atoms with Crippen LogP contribution >= 0.6 is 0 Å². The van der Waals surface area contributed by atoms with E-state index in [0.29, 0.717) is 43.3 Å². The predicted octanol–water partition coefficient (Wildman–Crippen LogP) is 3.95. The Balaban J connectivity index is 1.64. The van der Waals surface area contributed by atoms with Gasteiger partial charge in [0.05, 0.1) is 18.5 Å². The highest BCUT2D eigenvalue weighted by atomic mass is 16.3. The number of nitrogen functional groups attached to an aromatic ring is 1. The van der Waals surface area contributed by atoms with Gasteiger partial charge in [0.15, 0.2) is 17.0 Å². The van der Waals surface area contributed by atoms with Crippen LogP contribution in [0.25, 0.3) is 11.2 Å². The third-order valence-corrected chi connectivity index (χ3v) is 5.43. The van der Waals surface area contributed by atoms with Crippen molar-refractivity contribution < 1.29 is 5.11 Å². The number of nitrogens with one attached hydrogen (secondary N) is 2. The van der Waals surface area contributed by atoms with Gasteiger partial charge in [-0.1, -0.05) is 42.5 Å². The molecule has 0 saturated carbocycles. The van der Waals surface area contributed by atoms with Crippen molar-refractivity contribution >= 4 is 28.6 Å². The number of aliphatic hydroxyl groups is 1. The lowest BCUT2D eigenvalue weighted by atomic mass is 10.1. The molecule has 0 fully saturated rings. The molecule has 0 atom stereocenters. The largest absolute Gasteiger partial charge is 0.398 e. The van der Waals surface area contributed by atoms with Crippen molar-refractivity contribution in [3.8, 4) is 0 Å². The van der Waals surface area contributed by atoms with Crippen LogP contribution in [0, 0.1) is 6.92 Å². The van der Waals surface area contributed by atoms with Gasteiger partial charge in [-0.25, -0.2) is 4.98 Å². The molecule has 2 aromatic carbocycles. The first kappa shape index (κ1) is 22.5. The first-order valence-corrected chi connectivity index (χ1v) is 11.1. The summed E-state index contributed by atoms with van der Waals surface area (Å²) in [5.74, 6) is 1.12. The van der Waals surface area contributed by atoms with Gasteiger partial charge in [0.2, 0.25) is 5.95 Å². The van der Waals surface area contributed by atoms with E-state index in [4.69, 9.17) is 10.7 Å². The predicted molar refractivity (Wildman–Crippen MR) is 133 cm³/mol. The molecule has 0 aliphatic heterocycles.